The van der Waals surface area contributed by atoms with E-state index in [0.717, 1.165) is 13.0 Å². The summed E-state index contributed by atoms with van der Waals surface area (Å²) < 4.78 is 5.63. The molecule has 6 nitrogen and oxygen atoms in total. The van der Waals surface area contributed by atoms with Crippen LogP contribution in [0, 0.1) is 0 Å². The van der Waals surface area contributed by atoms with E-state index in [4.69, 9.17) is 4.42 Å². The van der Waals surface area contributed by atoms with E-state index < -0.39 is 0 Å². The largest absolute Gasteiger partial charge is 0.444 e. The molecule has 0 fully saturated rings. The normalized spacial score (nSPS) is 10.3. The topological polar surface area (TPSA) is 74.6 Å². The summed E-state index contributed by atoms with van der Waals surface area (Å²) in [5, 5.41) is 5.74. The third-order valence-corrected chi connectivity index (χ3v) is 2.86. The van der Waals surface area contributed by atoms with Gasteiger partial charge in [0.2, 0.25) is 5.91 Å². The van der Waals surface area contributed by atoms with Crippen molar-refractivity contribution in [3.63, 3.8) is 0 Å². The summed E-state index contributed by atoms with van der Waals surface area (Å²) in [5.41, 5.74) is 0. The monoisotopic (exact) mass is 331 g/mol. The molecule has 1 rings (SSSR count). The van der Waals surface area contributed by atoms with Crippen LogP contribution in [0.3, 0.4) is 0 Å². The van der Waals surface area contributed by atoms with Crippen LogP contribution in [0.1, 0.15) is 17.0 Å². The number of rotatable bonds is 7. The highest BCUT2D eigenvalue weighted by Gasteiger charge is 2.17. The molecule has 0 spiro atoms. The molecular formula is C12H18BrN3O3. The van der Waals surface area contributed by atoms with E-state index in [1.807, 2.05) is 7.05 Å². The summed E-state index contributed by atoms with van der Waals surface area (Å²) in [5.74, 6) is -0.300. The number of halogens is 1. The number of nitrogens with zero attached hydrogens (tertiary/aromatic N) is 1. The van der Waals surface area contributed by atoms with E-state index >= 15 is 0 Å². The molecule has 0 aliphatic heterocycles. The van der Waals surface area contributed by atoms with E-state index in [1.54, 1.807) is 19.2 Å². The molecule has 1 aromatic heterocycles. The number of amides is 2. The standard InChI is InChI=1S/C12H18BrN3O3/c1-14-6-3-7-15-11(17)8-16(2)12(18)9-4-5-10(13)19-9/h4-5,14H,3,6-8H2,1-2H3,(H,15,17). The summed E-state index contributed by atoms with van der Waals surface area (Å²) in [6.07, 6.45) is 0.852. The first kappa shape index (κ1) is 15.7. The Morgan fingerprint density at radius 2 is 2.11 bits per heavy atom. The van der Waals surface area contributed by atoms with Crippen molar-refractivity contribution in [1.82, 2.24) is 15.5 Å². The van der Waals surface area contributed by atoms with Crippen LogP contribution in [0.25, 0.3) is 0 Å². The number of likely N-dealkylation sites (N-methyl/N-ethyl adjacent to an activating group) is 1. The number of nitrogens with one attached hydrogen (secondary N) is 2. The van der Waals surface area contributed by atoms with Crippen LogP contribution in [-0.4, -0.2) is 50.4 Å². The van der Waals surface area contributed by atoms with Gasteiger partial charge in [-0.15, -0.1) is 0 Å². The van der Waals surface area contributed by atoms with Crippen molar-refractivity contribution in [2.45, 2.75) is 6.42 Å². The third-order valence-electron chi connectivity index (χ3n) is 2.44. The second-order valence-corrected chi connectivity index (χ2v) is 4.85. The highest BCUT2D eigenvalue weighted by atomic mass is 79.9. The minimum Gasteiger partial charge on any atom is -0.444 e. The maximum absolute atomic E-state index is 11.9. The lowest BCUT2D eigenvalue weighted by molar-refractivity contribution is -0.121. The van der Waals surface area contributed by atoms with Gasteiger partial charge < -0.3 is 20.0 Å². The van der Waals surface area contributed by atoms with Gasteiger partial charge in [0.15, 0.2) is 10.4 Å². The number of carbonyl (C=O) groups excluding carboxylic acids is 2. The van der Waals surface area contributed by atoms with Crippen LogP contribution < -0.4 is 10.6 Å². The first-order chi connectivity index (χ1) is 9.04. The highest BCUT2D eigenvalue weighted by molar-refractivity contribution is 9.10. The molecule has 0 aliphatic carbocycles. The number of hydrogen-bond acceptors (Lipinski definition) is 4. The average molecular weight is 332 g/mol. The quantitative estimate of drug-likeness (QED) is 0.726. The Balaban J connectivity index is 2.35. The first-order valence-corrected chi connectivity index (χ1v) is 6.76. The maximum Gasteiger partial charge on any atom is 0.289 e. The summed E-state index contributed by atoms with van der Waals surface area (Å²) in [7, 11) is 3.42. The Kier molecular flexibility index (Phi) is 6.58. The Morgan fingerprint density at radius 3 is 2.68 bits per heavy atom. The molecule has 0 aromatic carbocycles. The lowest BCUT2D eigenvalue weighted by Gasteiger charge is -2.15. The van der Waals surface area contributed by atoms with Gasteiger partial charge in [-0.1, -0.05) is 0 Å². The summed E-state index contributed by atoms with van der Waals surface area (Å²) >= 11 is 3.13. The Labute approximate surface area is 120 Å². The van der Waals surface area contributed by atoms with Gasteiger partial charge in [-0.3, -0.25) is 9.59 Å². The molecule has 1 aromatic rings. The summed E-state index contributed by atoms with van der Waals surface area (Å²) in [6, 6.07) is 3.20. The predicted molar refractivity (Wildman–Crippen MR) is 74.9 cm³/mol. The second-order valence-electron chi connectivity index (χ2n) is 4.07. The molecule has 2 amide bonds. The molecule has 0 aliphatic rings. The SMILES string of the molecule is CNCCCNC(=O)CN(C)C(=O)c1ccc(Br)o1. The fourth-order valence-corrected chi connectivity index (χ4v) is 1.76. The number of hydrogen-bond donors (Lipinski definition) is 2. The van der Waals surface area contributed by atoms with Crippen molar-refractivity contribution in [3.05, 3.63) is 22.6 Å². The van der Waals surface area contributed by atoms with E-state index in [9.17, 15) is 9.59 Å². The molecule has 19 heavy (non-hydrogen) atoms. The molecule has 0 unspecified atom stereocenters. The van der Waals surface area contributed by atoms with Gasteiger partial charge in [0.1, 0.15) is 0 Å². The Bertz CT molecular complexity index is 434. The van der Waals surface area contributed by atoms with Crippen LogP contribution in [0.5, 0.6) is 0 Å². The molecule has 1 heterocycles. The van der Waals surface area contributed by atoms with Gasteiger partial charge in [-0.2, -0.15) is 0 Å². The molecule has 0 bridgehead atoms. The highest BCUT2D eigenvalue weighted by Crippen LogP contribution is 2.15. The van der Waals surface area contributed by atoms with Gasteiger partial charge in [0.25, 0.3) is 5.91 Å². The Morgan fingerprint density at radius 1 is 1.37 bits per heavy atom. The fourth-order valence-electron chi connectivity index (χ4n) is 1.45. The van der Waals surface area contributed by atoms with Crippen LogP contribution in [0.15, 0.2) is 21.2 Å². The molecular weight excluding hydrogens is 314 g/mol. The summed E-state index contributed by atoms with van der Waals surface area (Å²) in [4.78, 5) is 24.8. The van der Waals surface area contributed by atoms with E-state index in [1.165, 1.54) is 4.90 Å². The van der Waals surface area contributed by atoms with Crippen molar-refractivity contribution in [2.24, 2.45) is 0 Å². The van der Waals surface area contributed by atoms with Gasteiger partial charge >= 0.3 is 0 Å². The molecule has 0 saturated carbocycles. The fraction of sp³-hybridized carbons (Fsp3) is 0.500. The third kappa shape index (κ3) is 5.44. The lowest BCUT2D eigenvalue weighted by Crippen LogP contribution is -2.38. The zero-order valence-corrected chi connectivity index (χ0v) is 12.6. The minimum atomic E-state index is -0.323. The second kappa shape index (κ2) is 7.96. The van der Waals surface area contributed by atoms with E-state index in [2.05, 4.69) is 26.6 Å². The minimum absolute atomic E-state index is 0.0106. The number of furan rings is 1. The van der Waals surface area contributed by atoms with E-state index in [0.29, 0.717) is 11.2 Å². The molecule has 0 radical (unpaired) electrons. The average Bonchev–Trinajstić information content (AvgIpc) is 2.80. The zero-order chi connectivity index (χ0) is 14.3. The first-order valence-electron chi connectivity index (χ1n) is 5.96. The van der Waals surface area contributed by atoms with Crippen molar-refractivity contribution < 1.29 is 14.0 Å². The molecule has 2 N–H and O–H groups in total. The predicted octanol–water partition coefficient (Wildman–Crippen LogP) is 0.840. The van der Waals surface area contributed by atoms with Gasteiger partial charge in [-0.25, -0.2) is 0 Å². The van der Waals surface area contributed by atoms with Crippen LogP contribution in [0.2, 0.25) is 0 Å². The Hall–Kier alpha value is -1.34. The van der Waals surface area contributed by atoms with Crippen molar-refractivity contribution >= 4 is 27.7 Å². The summed E-state index contributed by atoms with van der Waals surface area (Å²) in [6.45, 7) is 1.44. The molecule has 7 heteroatoms. The lowest BCUT2D eigenvalue weighted by atomic mass is 10.3. The maximum atomic E-state index is 11.9. The van der Waals surface area contributed by atoms with Gasteiger partial charge in [-0.05, 0) is 48.1 Å². The number of carbonyl (C=O) groups is 2. The van der Waals surface area contributed by atoms with Crippen LogP contribution in [-0.2, 0) is 4.79 Å². The van der Waals surface area contributed by atoms with Crippen molar-refractivity contribution in [1.29, 1.82) is 0 Å². The molecule has 0 saturated heterocycles. The van der Waals surface area contributed by atoms with Crippen molar-refractivity contribution in [2.75, 3.05) is 33.7 Å². The van der Waals surface area contributed by atoms with Crippen LogP contribution in [0.4, 0.5) is 0 Å². The molecule has 106 valence electrons. The smallest absolute Gasteiger partial charge is 0.289 e. The molecule has 0 atom stereocenters. The van der Waals surface area contributed by atoms with Crippen molar-refractivity contribution in [3.8, 4) is 0 Å². The zero-order valence-electron chi connectivity index (χ0n) is 11.0. The van der Waals surface area contributed by atoms with Gasteiger partial charge in [0.05, 0.1) is 6.54 Å². The van der Waals surface area contributed by atoms with E-state index in [-0.39, 0.29) is 24.1 Å². The van der Waals surface area contributed by atoms with Gasteiger partial charge in [0, 0.05) is 13.6 Å². The van der Waals surface area contributed by atoms with Crippen LogP contribution >= 0.6 is 15.9 Å².